The zero-order chi connectivity index (χ0) is 15.3. The number of carbonyl (C=O) groups is 1. The van der Waals surface area contributed by atoms with Crippen LogP contribution in [0.4, 0.5) is 5.13 Å². The van der Waals surface area contributed by atoms with Gasteiger partial charge in [-0.15, -0.1) is 11.3 Å². The van der Waals surface area contributed by atoms with Crippen LogP contribution in [-0.4, -0.2) is 30.6 Å². The van der Waals surface area contributed by atoms with Gasteiger partial charge in [0.15, 0.2) is 5.13 Å². The molecule has 2 rings (SSSR count). The molecule has 0 saturated carbocycles. The van der Waals surface area contributed by atoms with E-state index < -0.39 is 0 Å². The average Bonchev–Trinajstić information content (AvgIpc) is 2.95. The van der Waals surface area contributed by atoms with Crippen molar-refractivity contribution in [2.24, 2.45) is 5.41 Å². The molecule has 0 N–H and O–H groups in total. The lowest BCUT2D eigenvalue weighted by Gasteiger charge is -2.38. The number of aromatic nitrogens is 1. The van der Waals surface area contributed by atoms with Gasteiger partial charge in [-0.1, -0.05) is 20.3 Å². The topological polar surface area (TPSA) is 42.4 Å². The molecule has 0 spiro atoms. The molecule has 21 heavy (non-hydrogen) atoms. The largest absolute Gasteiger partial charge is 0.466 e. The molecule has 0 aromatic carbocycles. The van der Waals surface area contributed by atoms with E-state index in [1.807, 2.05) is 6.92 Å². The molecule has 0 unspecified atom stereocenters. The Labute approximate surface area is 131 Å². The standard InChI is InChI=1S/C16H26N2O2S/c1-4-16(3)8-10-18(11-9-16)15-17-13(12-21-15)6-7-14(19)20-5-2/h12H,4-11H2,1-3H3. The molecule has 0 atom stereocenters. The first-order valence-corrected chi connectivity index (χ1v) is 8.79. The van der Waals surface area contributed by atoms with Crippen LogP contribution < -0.4 is 4.90 Å². The minimum Gasteiger partial charge on any atom is -0.466 e. The summed E-state index contributed by atoms with van der Waals surface area (Å²) in [7, 11) is 0. The summed E-state index contributed by atoms with van der Waals surface area (Å²) in [6.45, 7) is 9.14. The molecular formula is C16H26N2O2S. The molecule has 1 aliphatic rings. The number of rotatable bonds is 6. The van der Waals surface area contributed by atoms with E-state index in [-0.39, 0.29) is 5.97 Å². The van der Waals surface area contributed by atoms with Crippen molar-refractivity contribution < 1.29 is 9.53 Å². The van der Waals surface area contributed by atoms with Crippen molar-refractivity contribution in [2.45, 2.75) is 52.9 Å². The van der Waals surface area contributed by atoms with Crippen LogP contribution in [0, 0.1) is 5.41 Å². The minimum atomic E-state index is -0.135. The van der Waals surface area contributed by atoms with E-state index in [2.05, 4.69) is 29.1 Å². The highest BCUT2D eigenvalue weighted by molar-refractivity contribution is 7.13. The second-order valence-electron chi connectivity index (χ2n) is 6.08. The molecule has 0 aliphatic carbocycles. The van der Waals surface area contributed by atoms with Gasteiger partial charge in [-0.3, -0.25) is 4.79 Å². The van der Waals surface area contributed by atoms with E-state index in [4.69, 9.17) is 4.74 Å². The Bertz CT molecular complexity index is 465. The van der Waals surface area contributed by atoms with Crippen LogP contribution in [0.3, 0.4) is 0 Å². The van der Waals surface area contributed by atoms with E-state index in [9.17, 15) is 4.79 Å². The van der Waals surface area contributed by atoms with Gasteiger partial charge in [0.2, 0.25) is 0 Å². The van der Waals surface area contributed by atoms with Crippen molar-refractivity contribution in [3.05, 3.63) is 11.1 Å². The van der Waals surface area contributed by atoms with Gasteiger partial charge in [-0.05, 0) is 25.2 Å². The second-order valence-corrected chi connectivity index (χ2v) is 6.91. The van der Waals surface area contributed by atoms with Crippen LogP contribution >= 0.6 is 11.3 Å². The minimum absolute atomic E-state index is 0.135. The SMILES string of the molecule is CCOC(=O)CCc1csc(N2CCC(C)(CC)CC2)n1. The Balaban J connectivity index is 1.85. The molecule has 1 aromatic heterocycles. The van der Waals surface area contributed by atoms with Crippen LogP contribution in [-0.2, 0) is 16.0 Å². The van der Waals surface area contributed by atoms with Crippen LogP contribution in [0.5, 0.6) is 0 Å². The third-order valence-corrected chi connectivity index (χ3v) is 5.48. The number of anilines is 1. The van der Waals surface area contributed by atoms with Crippen LogP contribution in [0.2, 0.25) is 0 Å². The monoisotopic (exact) mass is 310 g/mol. The van der Waals surface area contributed by atoms with E-state index in [1.54, 1.807) is 11.3 Å². The fourth-order valence-electron chi connectivity index (χ4n) is 2.61. The number of hydrogen-bond acceptors (Lipinski definition) is 5. The Morgan fingerprint density at radius 1 is 1.43 bits per heavy atom. The maximum atomic E-state index is 11.4. The quantitative estimate of drug-likeness (QED) is 0.752. The first-order valence-electron chi connectivity index (χ1n) is 7.91. The first kappa shape index (κ1) is 16.3. The van der Waals surface area contributed by atoms with Crippen molar-refractivity contribution in [1.82, 2.24) is 4.98 Å². The highest BCUT2D eigenvalue weighted by Gasteiger charge is 2.29. The van der Waals surface area contributed by atoms with Gasteiger partial charge in [-0.25, -0.2) is 4.98 Å². The number of hydrogen-bond donors (Lipinski definition) is 0. The summed E-state index contributed by atoms with van der Waals surface area (Å²) >= 11 is 1.69. The summed E-state index contributed by atoms with van der Waals surface area (Å²) in [6, 6.07) is 0. The maximum absolute atomic E-state index is 11.4. The summed E-state index contributed by atoms with van der Waals surface area (Å²) < 4.78 is 4.95. The van der Waals surface area contributed by atoms with Gasteiger partial charge >= 0.3 is 5.97 Å². The molecule has 0 radical (unpaired) electrons. The number of piperidine rings is 1. The average molecular weight is 310 g/mol. The smallest absolute Gasteiger partial charge is 0.306 e. The molecule has 1 aliphatic heterocycles. The van der Waals surface area contributed by atoms with Gasteiger partial charge in [0.05, 0.1) is 18.7 Å². The molecule has 118 valence electrons. The van der Waals surface area contributed by atoms with Gasteiger partial charge in [-0.2, -0.15) is 0 Å². The summed E-state index contributed by atoms with van der Waals surface area (Å²) in [5.41, 5.74) is 1.51. The van der Waals surface area contributed by atoms with E-state index in [1.165, 1.54) is 19.3 Å². The molecule has 1 aromatic rings. The predicted molar refractivity (Wildman–Crippen MR) is 86.9 cm³/mol. The number of ether oxygens (including phenoxy) is 1. The molecule has 0 amide bonds. The van der Waals surface area contributed by atoms with Crippen LogP contribution in [0.15, 0.2) is 5.38 Å². The number of nitrogens with zero attached hydrogens (tertiary/aromatic N) is 2. The van der Waals surface area contributed by atoms with Crippen molar-refractivity contribution in [3.8, 4) is 0 Å². The Morgan fingerprint density at radius 3 is 2.76 bits per heavy atom. The first-order chi connectivity index (χ1) is 10.1. The number of aryl methyl sites for hydroxylation is 1. The third kappa shape index (κ3) is 4.43. The molecule has 2 heterocycles. The third-order valence-electron chi connectivity index (χ3n) is 4.52. The van der Waals surface area contributed by atoms with Crippen LogP contribution in [0.1, 0.15) is 52.1 Å². The van der Waals surface area contributed by atoms with Crippen molar-refractivity contribution >= 4 is 22.4 Å². The summed E-state index contributed by atoms with van der Waals surface area (Å²) in [6.07, 6.45) is 4.83. The summed E-state index contributed by atoms with van der Waals surface area (Å²) in [5, 5.41) is 3.18. The van der Waals surface area contributed by atoms with Crippen molar-refractivity contribution in [2.75, 3.05) is 24.6 Å². The number of carbonyl (C=O) groups excluding carboxylic acids is 1. The van der Waals surface area contributed by atoms with Gasteiger partial charge < -0.3 is 9.64 Å². The van der Waals surface area contributed by atoms with E-state index in [0.29, 0.717) is 24.9 Å². The normalized spacial score (nSPS) is 17.8. The second kappa shape index (κ2) is 7.25. The van der Waals surface area contributed by atoms with Crippen molar-refractivity contribution in [1.29, 1.82) is 0 Å². The summed E-state index contributed by atoms with van der Waals surface area (Å²) in [5.74, 6) is -0.135. The van der Waals surface area contributed by atoms with E-state index in [0.717, 1.165) is 23.9 Å². The Kier molecular flexibility index (Phi) is 5.62. The maximum Gasteiger partial charge on any atom is 0.306 e. The lowest BCUT2D eigenvalue weighted by molar-refractivity contribution is -0.143. The predicted octanol–water partition coefficient (Wildman–Crippen LogP) is 3.66. The zero-order valence-corrected chi connectivity index (χ0v) is 14.2. The highest BCUT2D eigenvalue weighted by Crippen LogP contribution is 2.36. The Morgan fingerprint density at radius 2 is 2.14 bits per heavy atom. The van der Waals surface area contributed by atoms with Gasteiger partial charge in [0.25, 0.3) is 0 Å². The lowest BCUT2D eigenvalue weighted by Crippen LogP contribution is -2.38. The fourth-order valence-corrected chi connectivity index (χ4v) is 3.52. The number of esters is 1. The van der Waals surface area contributed by atoms with Crippen LogP contribution in [0.25, 0.3) is 0 Å². The molecule has 5 heteroatoms. The molecular weight excluding hydrogens is 284 g/mol. The summed E-state index contributed by atoms with van der Waals surface area (Å²) in [4.78, 5) is 18.4. The highest BCUT2D eigenvalue weighted by atomic mass is 32.1. The number of thiazole rings is 1. The molecule has 0 bridgehead atoms. The van der Waals surface area contributed by atoms with Gasteiger partial charge in [0.1, 0.15) is 0 Å². The fraction of sp³-hybridized carbons (Fsp3) is 0.750. The Hall–Kier alpha value is -1.10. The zero-order valence-electron chi connectivity index (χ0n) is 13.4. The molecule has 1 saturated heterocycles. The molecule has 4 nitrogen and oxygen atoms in total. The molecule has 1 fully saturated rings. The lowest BCUT2D eigenvalue weighted by atomic mass is 9.78. The van der Waals surface area contributed by atoms with E-state index >= 15 is 0 Å². The van der Waals surface area contributed by atoms with Gasteiger partial charge in [0, 0.05) is 24.9 Å². The van der Waals surface area contributed by atoms with Crippen molar-refractivity contribution in [3.63, 3.8) is 0 Å².